The molecule has 0 spiro atoms. The Labute approximate surface area is 83.0 Å². The van der Waals surface area contributed by atoms with Crippen molar-refractivity contribution in [2.24, 2.45) is 0 Å². The number of Topliss-reactive ketones (excluding diaryl/α,β-unsaturated/α-hetero) is 1. The second kappa shape index (κ2) is 4.65. The van der Waals surface area contributed by atoms with Gasteiger partial charge in [0.05, 0.1) is 0 Å². The van der Waals surface area contributed by atoms with E-state index in [-0.39, 0.29) is 17.3 Å². The molecule has 0 amide bonds. The molecule has 0 aromatic heterocycles. The molecule has 0 saturated heterocycles. The summed E-state index contributed by atoms with van der Waals surface area (Å²) in [7, 11) is 0. The Morgan fingerprint density at radius 1 is 1.29 bits per heavy atom. The second-order valence-corrected chi connectivity index (χ2v) is 3.29. The van der Waals surface area contributed by atoms with Crippen molar-refractivity contribution in [3.8, 4) is 11.5 Å². The summed E-state index contributed by atoms with van der Waals surface area (Å²) in [5.41, 5.74) is 0.735. The average Bonchev–Trinajstić information content (AvgIpc) is 2.12. The van der Waals surface area contributed by atoms with Crippen molar-refractivity contribution in [2.75, 3.05) is 0 Å². The molecule has 14 heavy (non-hydrogen) atoms. The molecule has 0 unspecified atom stereocenters. The van der Waals surface area contributed by atoms with Crippen molar-refractivity contribution in [1.29, 1.82) is 0 Å². The minimum atomic E-state index is -0.174. The van der Waals surface area contributed by atoms with E-state index in [2.05, 4.69) is 0 Å². The van der Waals surface area contributed by atoms with Crippen LogP contribution in [0.1, 0.15) is 25.3 Å². The summed E-state index contributed by atoms with van der Waals surface area (Å²) < 4.78 is 0. The fourth-order valence-electron chi connectivity index (χ4n) is 1.27. The molecule has 1 aromatic carbocycles. The summed E-state index contributed by atoms with van der Waals surface area (Å²) >= 11 is 0. The minimum Gasteiger partial charge on any atom is -0.504 e. The van der Waals surface area contributed by atoms with E-state index in [1.54, 1.807) is 6.07 Å². The van der Waals surface area contributed by atoms with Crippen LogP contribution in [0.15, 0.2) is 18.2 Å². The molecule has 1 aromatic rings. The van der Waals surface area contributed by atoms with Crippen LogP contribution in [0.5, 0.6) is 11.5 Å². The van der Waals surface area contributed by atoms with Gasteiger partial charge in [-0.3, -0.25) is 4.79 Å². The van der Waals surface area contributed by atoms with Crippen molar-refractivity contribution in [1.82, 2.24) is 0 Å². The second-order valence-electron chi connectivity index (χ2n) is 3.29. The molecule has 1 rings (SSSR count). The summed E-state index contributed by atoms with van der Waals surface area (Å²) in [5, 5.41) is 18.2. The number of phenols is 2. The van der Waals surface area contributed by atoms with E-state index in [9.17, 15) is 9.90 Å². The van der Waals surface area contributed by atoms with Crippen LogP contribution >= 0.6 is 0 Å². The SMILES string of the molecule is CCCC(=O)Cc1ccc(O)c(O)c1. The van der Waals surface area contributed by atoms with Crippen LogP contribution in [0, 0.1) is 0 Å². The van der Waals surface area contributed by atoms with Gasteiger partial charge in [-0.25, -0.2) is 0 Å². The number of aromatic hydroxyl groups is 2. The van der Waals surface area contributed by atoms with Gasteiger partial charge in [0.1, 0.15) is 5.78 Å². The van der Waals surface area contributed by atoms with Gasteiger partial charge >= 0.3 is 0 Å². The molecular weight excluding hydrogens is 180 g/mol. The van der Waals surface area contributed by atoms with Crippen LogP contribution in [-0.2, 0) is 11.2 Å². The Bertz CT molecular complexity index is 331. The fraction of sp³-hybridized carbons (Fsp3) is 0.364. The van der Waals surface area contributed by atoms with Crippen molar-refractivity contribution < 1.29 is 15.0 Å². The Morgan fingerprint density at radius 3 is 2.57 bits per heavy atom. The minimum absolute atomic E-state index is 0.151. The van der Waals surface area contributed by atoms with E-state index >= 15 is 0 Å². The number of hydrogen-bond acceptors (Lipinski definition) is 3. The normalized spacial score (nSPS) is 10.1. The lowest BCUT2D eigenvalue weighted by molar-refractivity contribution is -0.118. The smallest absolute Gasteiger partial charge is 0.157 e. The third-order valence-electron chi connectivity index (χ3n) is 1.97. The van der Waals surface area contributed by atoms with Crippen molar-refractivity contribution in [3.05, 3.63) is 23.8 Å². The van der Waals surface area contributed by atoms with Gasteiger partial charge in [-0.15, -0.1) is 0 Å². The number of benzene rings is 1. The van der Waals surface area contributed by atoms with Crippen LogP contribution in [-0.4, -0.2) is 16.0 Å². The maximum atomic E-state index is 11.3. The molecule has 0 aliphatic rings. The Kier molecular flexibility index (Phi) is 3.51. The number of hydrogen-bond donors (Lipinski definition) is 2. The average molecular weight is 194 g/mol. The molecule has 0 radical (unpaired) electrons. The van der Waals surface area contributed by atoms with Crippen molar-refractivity contribution in [3.63, 3.8) is 0 Å². The van der Waals surface area contributed by atoms with Crippen LogP contribution in [0.3, 0.4) is 0 Å². The highest BCUT2D eigenvalue weighted by atomic mass is 16.3. The van der Waals surface area contributed by atoms with Gasteiger partial charge in [0.2, 0.25) is 0 Å². The van der Waals surface area contributed by atoms with E-state index in [1.165, 1.54) is 12.1 Å². The van der Waals surface area contributed by atoms with Crippen LogP contribution in [0.4, 0.5) is 0 Å². The highest BCUT2D eigenvalue weighted by molar-refractivity contribution is 5.80. The lowest BCUT2D eigenvalue weighted by atomic mass is 10.1. The summed E-state index contributed by atoms with van der Waals surface area (Å²) in [6, 6.07) is 4.45. The third kappa shape index (κ3) is 2.76. The first-order valence-electron chi connectivity index (χ1n) is 4.66. The molecule has 0 saturated carbocycles. The maximum Gasteiger partial charge on any atom is 0.157 e. The third-order valence-corrected chi connectivity index (χ3v) is 1.97. The first-order chi connectivity index (χ1) is 6.63. The molecule has 0 bridgehead atoms. The van der Waals surface area contributed by atoms with Gasteiger partial charge in [-0.05, 0) is 24.1 Å². The van der Waals surface area contributed by atoms with E-state index in [0.29, 0.717) is 12.8 Å². The Morgan fingerprint density at radius 2 is 2.00 bits per heavy atom. The number of carbonyl (C=O) groups excluding carboxylic acids is 1. The molecule has 0 fully saturated rings. The highest BCUT2D eigenvalue weighted by Gasteiger charge is 2.05. The standard InChI is InChI=1S/C11H14O3/c1-2-3-9(12)6-8-4-5-10(13)11(14)7-8/h4-5,7,13-14H,2-3,6H2,1H3. The zero-order valence-corrected chi connectivity index (χ0v) is 8.16. The van der Waals surface area contributed by atoms with Crippen molar-refractivity contribution in [2.45, 2.75) is 26.2 Å². The summed E-state index contributed by atoms with van der Waals surface area (Å²) in [6.07, 6.45) is 1.71. The van der Waals surface area contributed by atoms with Gasteiger partial charge in [0, 0.05) is 12.8 Å². The van der Waals surface area contributed by atoms with Crippen LogP contribution in [0.2, 0.25) is 0 Å². The predicted molar refractivity (Wildman–Crippen MR) is 53.4 cm³/mol. The zero-order chi connectivity index (χ0) is 10.6. The number of ketones is 1. The first-order valence-corrected chi connectivity index (χ1v) is 4.66. The van der Waals surface area contributed by atoms with Crippen LogP contribution < -0.4 is 0 Å². The molecular formula is C11H14O3. The highest BCUT2D eigenvalue weighted by Crippen LogP contribution is 2.25. The Balaban J connectivity index is 2.68. The Hall–Kier alpha value is -1.51. The number of phenolic OH excluding ortho intramolecular Hbond substituents is 2. The molecule has 76 valence electrons. The number of rotatable bonds is 4. The van der Waals surface area contributed by atoms with E-state index in [1.807, 2.05) is 6.92 Å². The van der Waals surface area contributed by atoms with Gasteiger partial charge < -0.3 is 10.2 Å². The summed E-state index contributed by atoms with van der Waals surface area (Å²) in [6.45, 7) is 1.95. The predicted octanol–water partition coefficient (Wildman–Crippen LogP) is 2.01. The van der Waals surface area contributed by atoms with E-state index in [4.69, 9.17) is 5.11 Å². The van der Waals surface area contributed by atoms with Crippen molar-refractivity contribution >= 4 is 5.78 Å². The van der Waals surface area contributed by atoms with Gasteiger partial charge in [-0.1, -0.05) is 13.0 Å². The molecule has 2 N–H and O–H groups in total. The monoisotopic (exact) mass is 194 g/mol. The lowest BCUT2D eigenvalue weighted by Crippen LogP contribution is -2.01. The zero-order valence-electron chi connectivity index (χ0n) is 8.16. The quantitative estimate of drug-likeness (QED) is 0.721. The fourth-order valence-corrected chi connectivity index (χ4v) is 1.27. The van der Waals surface area contributed by atoms with Gasteiger partial charge in [0.15, 0.2) is 11.5 Å². The van der Waals surface area contributed by atoms with Crippen LogP contribution in [0.25, 0.3) is 0 Å². The summed E-state index contributed by atoms with van der Waals surface area (Å²) in [4.78, 5) is 11.3. The maximum absolute atomic E-state index is 11.3. The largest absolute Gasteiger partial charge is 0.504 e. The molecule has 0 aliphatic carbocycles. The van der Waals surface area contributed by atoms with Gasteiger partial charge in [0.25, 0.3) is 0 Å². The molecule has 0 aliphatic heterocycles. The van der Waals surface area contributed by atoms with E-state index in [0.717, 1.165) is 12.0 Å². The summed E-state index contributed by atoms with van der Waals surface area (Å²) in [5.74, 6) is -0.180. The molecule has 3 heteroatoms. The van der Waals surface area contributed by atoms with Gasteiger partial charge in [-0.2, -0.15) is 0 Å². The van der Waals surface area contributed by atoms with E-state index < -0.39 is 0 Å². The topological polar surface area (TPSA) is 57.5 Å². The molecule has 3 nitrogen and oxygen atoms in total. The molecule has 0 atom stereocenters. The number of carbonyl (C=O) groups is 1. The molecule has 0 heterocycles. The lowest BCUT2D eigenvalue weighted by Gasteiger charge is -2.02. The first kappa shape index (κ1) is 10.6.